The maximum atomic E-state index is 10.9. The van der Waals surface area contributed by atoms with Crippen LogP contribution in [-0.2, 0) is 4.79 Å². The Morgan fingerprint density at radius 2 is 2.14 bits per heavy atom. The third-order valence-corrected chi connectivity index (χ3v) is 3.08. The lowest BCUT2D eigenvalue weighted by Gasteiger charge is -2.18. The van der Waals surface area contributed by atoms with Crippen LogP contribution in [0.1, 0.15) is 33.6 Å². The van der Waals surface area contributed by atoms with E-state index in [0.29, 0.717) is 6.42 Å². The molecule has 4 heteroatoms. The van der Waals surface area contributed by atoms with Gasteiger partial charge in [0.2, 0.25) is 0 Å². The molecule has 0 fully saturated rings. The SMILES string of the molecule is CCSCCC(NC(C)CC)C(=O)O. The molecular formula is C10H21NO2S. The van der Waals surface area contributed by atoms with Crippen LogP contribution in [0, 0.1) is 0 Å². The lowest BCUT2D eigenvalue weighted by Crippen LogP contribution is -2.42. The molecule has 0 spiro atoms. The molecule has 2 N–H and O–H groups in total. The van der Waals surface area contributed by atoms with Gasteiger partial charge in [0.25, 0.3) is 0 Å². The molecule has 0 heterocycles. The van der Waals surface area contributed by atoms with E-state index in [0.717, 1.165) is 17.9 Å². The van der Waals surface area contributed by atoms with Crippen LogP contribution >= 0.6 is 11.8 Å². The number of nitrogens with one attached hydrogen (secondary N) is 1. The van der Waals surface area contributed by atoms with Gasteiger partial charge < -0.3 is 10.4 Å². The average Bonchev–Trinajstić information content (AvgIpc) is 2.16. The lowest BCUT2D eigenvalue weighted by molar-refractivity contribution is -0.139. The van der Waals surface area contributed by atoms with Crippen molar-refractivity contribution < 1.29 is 9.90 Å². The van der Waals surface area contributed by atoms with Crippen molar-refractivity contribution in [1.82, 2.24) is 5.32 Å². The Morgan fingerprint density at radius 3 is 2.57 bits per heavy atom. The molecule has 0 aliphatic heterocycles. The van der Waals surface area contributed by atoms with Gasteiger partial charge in [-0.1, -0.05) is 13.8 Å². The van der Waals surface area contributed by atoms with E-state index in [9.17, 15) is 4.79 Å². The third-order valence-electron chi connectivity index (χ3n) is 2.15. The van der Waals surface area contributed by atoms with Crippen molar-refractivity contribution >= 4 is 17.7 Å². The predicted octanol–water partition coefficient (Wildman–Crippen LogP) is 1.97. The van der Waals surface area contributed by atoms with Gasteiger partial charge in [0, 0.05) is 6.04 Å². The highest BCUT2D eigenvalue weighted by atomic mass is 32.2. The van der Waals surface area contributed by atoms with Gasteiger partial charge in [-0.2, -0.15) is 11.8 Å². The fraction of sp³-hybridized carbons (Fsp3) is 0.900. The van der Waals surface area contributed by atoms with E-state index in [-0.39, 0.29) is 12.1 Å². The standard InChI is InChI=1S/C10H21NO2S/c1-4-8(3)11-9(10(12)13)6-7-14-5-2/h8-9,11H,4-7H2,1-3H3,(H,12,13). The second-order valence-electron chi connectivity index (χ2n) is 3.35. The second-order valence-corrected chi connectivity index (χ2v) is 4.75. The van der Waals surface area contributed by atoms with Crippen molar-refractivity contribution in [2.24, 2.45) is 0 Å². The van der Waals surface area contributed by atoms with E-state index in [2.05, 4.69) is 19.2 Å². The molecule has 14 heavy (non-hydrogen) atoms. The van der Waals surface area contributed by atoms with Gasteiger partial charge in [0.05, 0.1) is 0 Å². The molecule has 0 aliphatic carbocycles. The van der Waals surface area contributed by atoms with E-state index < -0.39 is 5.97 Å². The Morgan fingerprint density at radius 1 is 1.50 bits per heavy atom. The summed E-state index contributed by atoms with van der Waals surface area (Å²) in [5, 5.41) is 12.1. The molecule has 0 aliphatic rings. The van der Waals surface area contributed by atoms with E-state index in [1.54, 1.807) is 11.8 Å². The molecule has 0 rings (SSSR count). The maximum absolute atomic E-state index is 10.9. The molecule has 0 saturated heterocycles. The number of hydrogen-bond donors (Lipinski definition) is 2. The van der Waals surface area contributed by atoms with Crippen molar-refractivity contribution in [3.8, 4) is 0 Å². The van der Waals surface area contributed by atoms with Gasteiger partial charge in [0.15, 0.2) is 0 Å². The normalized spacial score (nSPS) is 15.1. The molecule has 2 atom stereocenters. The Balaban J connectivity index is 3.84. The van der Waals surface area contributed by atoms with E-state index in [4.69, 9.17) is 5.11 Å². The fourth-order valence-corrected chi connectivity index (χ4v) is 1.78. The molecule has 0 radical (unpaired) electrons. The number of thioether (sulfide) groups is 1. The molecule has 3 nitrogen and oxygen atoms in total. The molecule has 0 aromatic heterocycles. The molecule has 0 saturated carbocycles. The average molecular weight is 219 g/mol. The minimum atomic E-state index is -0.734. The van der Waals surface area contributed by atoms with Crippen LogP contribution in [0.3, 0.4) is 0 Å². The lowest BCUT2D eigenvalue weighted by atomic mass is 10.2. The van der Waals surface area contributed by atoms with E-state index in [1.807, 2.05) is 6.92 Å². The Hall–Kier alpha value is -0.220. The van der Waals surface area contributed by atoms with Crippen LogP contribution in [0.5, 0.6) is 0 Å². The molecule has 2 unspecified atom stereocenters. The highest BCUT2D eigenvalue weighted by Crippen LogP contribution is 2.05. The fourth-order valence-electron chi connectivity index (χ4n) is 1.08. The van der Waals surface area contributed by atoms with Crippen LogP contribution in [0.4, 0.5) is 0 Å². The van der Waals surface area contributed by atoms with Crippen LogP contribution < -0.4 is 5.32 Å². The summed E-state index contributed by atoms with van der Waals surface area (Å²) >= 11 is 1.79. The Bertz CT molecular complexity index is 164. The smallest absolute Gasteiger partial charge is 0.320 e. The monoisotopic (exact) mass is 219 g/mol. The van der Waals surface area contributed by atoms with Crippen molar-refractivity contribution in [2.45, 2.75) is 45.7 Å². The molecule has 84 valence electrons. The molecule has 0 aromatic rings. The number of aliphatic carboxylic acids is 1. The summed E-state index contributed by atoms with van der Waals surface area (Å²) in [6.45, 7) is 6.16. The summed E-state index contributed by atoms with van der Waals surface area (Å²) in [5.74, 6) is 1.23. The van der Waals surface area contributed by atoms with Crippen molar-refractivity contribution in [1.29, 1.82) is 0 Å². The first-order valence-electron chi connectivity index (χ1n) is 5.18. The van der Waals surface area contributed by atoms with E-state index in [1.165, 1.54) is 0 Å². The number of carboxylic acids is 1. The summed E-state index contributed by atoms with van der Waals surface area (Å²) in [6, 6.07) is -0.105. The molecule has 0 bridgehead atoms. The first-order chi connectivity index (χ1) is 6.61. The second kappa shape index (κ2) is 8.12. The topological polar surface area (TPSA) is 49.3 Å². The van der Waals surface area contributed by atoms with Gasteiger partial charge in [-0.05, 0) is 31.3 Å². The van der Waals surface area contributed by atoms with Gasteiger partial charge in [-0.3, -0.25) is 4.79 Å². The van der Waals surface area contributed by atoms with Crippen molar-refractivity contribution in [3.05, 3.63) is 0 Å². The zero-order valence-corrected chi connectivity index (χ0v) is 10.1. The van der Waals surface area contributed by atoms with Gasteiger partial charge in [-0.25, -0.2) is 0 Å². The summed E-state index contributed by atoms with van der Waals surface area (Å²) in [5.41, 5.74) is 0. The van der Waals surface area contributed by atoms with E-state index >= 15 is 0 Å². The summed E-state index contributed by atoms with van der Waals surface area (Å²) in [6.07, 6.45) is 1.67. The minimum absolute atomic E-state index is 0.280. The number of carboxylic acid groups (broad SMARTS) is 1. The highest BCUT2D eigenvalue weighted by molar-refractivity contribution is 7.99. The number of hydrogen-bond acceptors (Lipinski definition) is 3. The number of carbonyl (C=O) groups is 1. The van der Waals surface area contributed by atoms with Gasteiger partial charge in [0.1, 0.15) is 6.04 Å². The first-order valence-corrected chi connectivity index (χ1v) is 6.33. The van der Waals surface area contributed by atoms with Gasteiger partial charge >= 0.3 is 5.97 Å². The largest absolute Gasteiger partial charge is 0.480 e. The van der Waals surface area contributed by atoms with Crippen molar-refractivity contribution in [3.63, 3.8) is 0 Å². The summed E-state index contributed by atoms with van der Waals surface area (Å²) in [7, 11) is 0. The minimum Gasteiger partial charge on any atom is -0.480 e. The first kappa shape index (κ1) is 13.8. The quantitative estimate of drug-likeness (QED) is 0.613. The zero-order chi connectivity index (χ0) is 11.0. The van der Waals surface area contributed by atoms with Crippen LogP contribution in [0.25, 0.3) is 0 Å². The summed E-state index contributed by atoms with van der Waals surface area (Å²) < 4.78 is 0. The molecule has 0 aromatic carbocycles. The Labute approximate surface area is 90.7 Å². The van der Waals surface area contributed by atoms with Crippen LogP contribution in [0.15, 0.2) is 0 Å². The predicted molar refractivity (Wildman–Crippen MR) is 61.9 cm³/mol. The van der Waals surface area contributed by atoms with Crippen LogP contribution in [0.2, 0.25) is 0 Å². The van der Waals surface area contributed by atoms with Crippen molar-refractivity contribution in [2.75, 3.05) is 11.5 Å². The summed E-state index contributed by atoms with van der Waals surface area (Å²) in [4.78, 5) is 10.9. The highest BCUT2D eigenvalue weighted by Gasteiger charge is 2.17. The zero-order valence-electron chi connectivity index (χ0n) is 9.25. The van der Waals surface area contributed by atoms with Gasteiger partial charge in [-0.15, -0.1) is 0 Å². The molecule has 0 amide bonds. The molecular weight excluding hydrogens is 198 g/mol. The van der Waals surface area contributed by atoms with Crippen LogP contribution in [-0.4, -0.2) is 34.7 Å². The maximum Gasteiger partial charge on any atom is 0.320 e. The third kappa shape index (κ3) is 6.27. The Kier molecular flexibility index (Phi) is 7.99. The number of rotatable bonds is 8.